The van der Waals surface area contributed by atoms with Crippen LogP contribution in [-0.4, -0.2) is 35.9 Å². The third-order valence-electron chi connectivity index (χ3n) is 4.03. The van der Waals surface area contributed by atoms with Crippen LogP contribution in [0.1, 0.15) is 53.2 Å². The van der Waals surface area contributed by atoms with Gasteiger partial charge in [-0.2, -0.15) is 0 Å². The topological polar surface area (TPSA) is 112 Å². The summed E-state index contributed by atoms with van der Waals surface area (Å²) in [5, 5.41) is 10.3. The van der Waals surface area contributed by atoms with Crippen molar-refractivity contribution in [3.05, 3.63) is 59.6 Å². The molecule has 0 spiro atoms. The van der Waals surface area contributed by atoms with E-state index in [1.165, 1.54) is 18.4 Å². The number of carbonyl (C=O) groups excluding carboxylic acids is 2. The molecule has 0 saturated carbocycles. The molecule has 0 aliphatic carbocycles. The molecule has 0 radical (unpaired) electrons. The first-order valence-electron chi connectivity index (χ1n) is 9.10. The lowest BCUT2D eigenvalue weighted by Crippen LogP contribution is -2.26. The van der Waals surface area contributed by atoms with Crippen molar-refractivity contribution in [3.63, 3.8) is 0 Å². The zero-order valence-electron chi connectivity index (χ0n) is 16.0. The number of aliphatic hydroxyl groups is 1. The molecule has 7 heteroatoms. The molecule has 0 bridgehead atoms. The van der Waals surface area contributed by atoms with Crippen LogP contribution in [0.3, 0.4) is 0 Å². The van der Waals surface area contributed by atoms with Gasteiger partial charge in [-0.15, -0.1) is 0 Å². The Labute approximate surface area is 163 Å². The summed E-state index contributed by atoms with van der Waals surface area (Å²) in [6, 6.07) is 8.04. The average Bonchev–Trinajstić information content (AvgIpc) is 3.21. The van der Waals surface area contributed by atoms with Crippen molar-refractivity contribution in [1.29, 1.82) is 0 Å². The SMILES string of the molecule is CCCCOC(=O)c1c(N)cccc1/C=C\[C@@H](O)[C@@H](C)OC(=O)c1ccco1. The van der Waals surface area contributed by atoms with E-state index in [9.17, 15) is 14.7 Å². The zero-order chi connectivity index (χ0) is 20.5. The third kappa shape index (κ3) is 5.72. The van der Waals surface area contributed by atoms with E-state index >= 15 is 0 Å². The van der Waals surface area contributed by atoms with Crippen LogP contribution in [0.5, 0.6) is 0 Å². The summed E-state index contributed by atoms with van der Waals surface area (Å²) in [5.74, 6) is -1.14. The molecule has 2 rings (SSSR count). The Balaban J connectivity index is 2.07. The normalized spacial score (nSPS) is 13.2. The Kier molecular flexibility index (Phi) is 7.83. The van der Waals surface area contributed by atoms with E-state index in [2.05, 4.69) is 0 Å². The van der Waals surface area contributed by atoms with Gasteiger partial charge in [0.15, 0.2) is 0 Å². The van der Waals surface area contributed by atoms with Gasteiger partial charge >= 0.3 is 11.9 Å². The van der Waals surface area contributed by atoms with Gasteiger partial charge in [0.2, 0.25) is 5.76 Å². The standard InChI is InChI=1S/C21H25NO6/c1-3-4-12-27-21(25)19-15(7-5-8-16(19)22)10-11-17(23)14(2)28-20(24)18-9-6-13-26-18/h5-11,13-14,17,23H,3-4,12,22H2,1-2H3/b11-10-/t14-,17-/m1/s1. The number of benzene rings is 1. The number of unbranched alkanes of at least 4 members (excludes halogenated alkanes) is 1. The highest BCUT2D eigenvalue weighted by molar-refractivity contribution is 5.99. The number of furan rings is 1. The van der Waals surface area contributed by atoms with Crippen molar-refractivity contribution >= 4 is 23.7 Å². The molecule has 0 unspecified atom stereocenters. The van der Waals surface area contributed by atoms with Gasteiger partial charge in [0, 0.05) is 5.69 Å². The molecule has 2 aromatic rings. The summed E-state index contributed by atoms with van der Waals surface area (Å²) in [6.45, 7) is 3.87. The predicted octanol–water partition coefficient (Wildman–Crippen LogP) is 3.44. The number of anilines is 1. The monoisotopic (exact) mass is 387 g/mol. The molecule has 0 saturated heterocycles. The van der Waals surface area contributed by atoms with Crippen molar-refractivity contribution in [2.24, 2.45) is 0 Å². The van der Waals surface area contributed by atoms with E-state index < -0.39 is 24.1 Å². The van der Waals surface area contributed by atoms with Gasteiger partial charge in [-0.05, 0) is 37.1 Å². The summed E-state index contributed by atoms with van der Waals surface area (Å²) >= 11 is 0. The van der Waals surface area contributed by atoms with Gasteiger partial charge in [-0.3, -0.25) is 0 Å². The maximum absolute atomic E-state index is 12.3. The van der Waals surface area contributed by atoms with Gasteiger partial charge in [-0.25, -0.2) is 9.59 Å². The Bertz CT molecular complexity index is 812. The maximum Gasteiger partial charge on any atom is 0.374 e. The molecular weight excluding hydrogens is 362 g/mol. The van der Waals surface area contributed by atoms with Gasteiger partial charge in [0.05, 0.1) is 18.4 Å². The minimum atomic E-state index is -1.09. The minimum absolute atomic E-state index is 0.0518. The third-order valence-corrected chi connectivity index (χ3v) is 4.03. The number of hydrogen-bond acceptors (Lipinski definition) is 7. The van der Waals surface area contributed by atoms with Crippen molar-refractivity contribution in [3.8, 4) is 0 Å². The molecule has 150 valence electrons. The second kappa shape index (κ2) is 10.3. The van der Waals surface area contributed by atoms with E-state index in [1.807, 2.05) is 6.92 Å². The highest BCUT2D eigenvalue weighted by atomic mass is 16.6. The van der Waals surface area contributed by atoms with Crippen molar-refractivity contribution < 1.29 is 28.6 Å². The van der Waals surface area contributed by atoms with E-state index in [-0.39, 0.29) is 17.0 Å². The van der Waals surface area contributed by atoms with Crippen LogP contribution in [-0.2, 0) is 9.47 Å². The molecule has 0 aliphatic rings. The van der Waals surface area contributed by atoms with Crippen LogP contribution >= 0.6 is 0 Å². The zero-order valence-corrected chi connectivity index (χ0v) is 16.0. The fourth-order valence-corrected chi connectivity index (χ4v) is 2.39. The molecule has 0 aliphatic heterocycles. The number of rotatable bonds is 9. The smallest absolute Gasteiger partial charge is 0.374 e. The Hall–Kier alpha value is -3.06. The van der Waals surface area contributed by atoms with Crippen LogP contribution in [0, 0.1) is 0 Å². The molecule has 1 aromatic heterocycles. The number of ether oxygens (including phenoxy) is 2. The molecule has 7 nitrogen and oxygen atoms in total. The molecule has 0 fully saturated rings. The fourth-order valence-electron chi connectivity index (χ4n) is 2.39. The first kappa shape index (κ1) is 21.2. The summed E-state index contributed by atoms with van der Waals surface area (Å²) in [6.07, 6.45) is 4.09. The van der Waals surface area contributed by atoms with Crippen molar-refractivity contribution in [1.82, 2.24) is 0 Å². The molecule has 1 aromatic carbocycles. The fraction of sp³-hybridized carbons (Fsp3) is 0.333. The molecule has 2 atom stereocenters. The van der Waals surface area contributed by atoms with E-state index in [4.69, 9.17) is 19.6 Å². The van der Waals surface area contributed by atoms with Crippen LogP contribution < -0.4 is 5.73 Å². The second-order valence-corrected chi connectivity index (χ2v) is 6.24. The van der Waals surface area contributed by atoms with Gasteiger partial charge < -0.3 is 24.7 Å². The largest absolute Gasteiger partial charge is 0.462 e. The number of esters is 2. The van der Waals surface area contributed by atoms with Crippen molar-refractivity contribution in [2.75, 3.05) is 12.3 Å². The summed E-state index contributed by atoms with van der Waals surface area (Å²) in [7, 11) is 0. The Morgan fingerprint density at radius 2 is 2.04 bits per heavy atom. The van der Waals surface area contributed by atoms with Gasteiger partial charge in [0.1, 0.15) is 12.2 Å². The predicted molar refractivity (Wildman–Crippen MR) is 105 cm³/mol. The quantitative estimate of drug-likeness (QED) is 0.385. The first-order chi connectivity index (χ1) is 13.4. The summed E-state index contributed by atoms with van der Waals surface area (Å²) in [5.41, 5.74) is 6.97. The Morgan fingerprint density at radius 3 is 2.71 bits per heavy atom. The number of carbonyl (C=O) groups is 2. The highest BCUT2D eigenvalue weighted by Gasteiger charge is 2.20. The Morgan fingerprint density at radius 1 is 1.25 bits per heavy atom. The van der Waals surface area contributed by atoms with E-state index in [0.29, 0.717) is 12.2 Å². The van der Waals surface area contributed by atoms with E-state index in [0.717, 1.165) is 12.8 Å². The minimum Gasteiger partial charge on any atom is -0.462 e. The highest BCUT2D eigenvalue weighted by Crippen LogP contribution is 2.21. The van der Waals surface area contributed by atoms with Crippen LogP contribution in [0.2, 0.25) is 0 Å². The second-order valence-electron chi connectivity index (χ2n) is 6.24. The average molecular weight is 387 g/mol. The molecule has 0 amide bonds. The summed E-state index contributed by atoms with van der Waals surface area (Å²) < 4.78 is 15.4. The maximum atomic E-state index is 12.3. The molecule has 1 heterocycles. The van der Waals surface area contributed by atoms with Crippen LogP contribution in [0.25, 0.3) is 6.08 Å². The summed E-state index contributed by atoms with van der Waals surface area (Å²) in [4.78, 5) is 24.2. The van der Waals surface area contributed by atoms with Gasteiger partial charge in [-0.1, -0.05) is 37.6 Å². The molecular formula is C21H25NO6. The number of aliphatic hydroxyl groups excluding tert-OH is 1. The van der Waals surface area contributed by atoms with Gasteiger partial charge in [0.25, 0.3) is 0 Å². The van der Waals surface area contributed by atoms with Crippen molar-refractivity contribution in [2.45, 2.75) is 38.9 Å². The lowest BCUT2D eigenvalue weighted by molar-refractivity contribution is 0.000651. The van der Waals surface area contributed by atoms with Crippen LogP contribution in [0.15, 0.2) is 47.1 Å². The first-order valence-corrected chi connectivity index (χ1v) is 9.10. The number of nitrogens with two attached hydrogens (primary N) is 1. The number of hydrogen-bond donors (Lipinski definition) is 2. The van der Waals surface area contributed by atoms with Crippen LogP contribution in [0.4, 0.5) is 5.69 Å². The lowest BCUT2D eigenvalue weighted by atomic mass is 10.0. The lowest BCUT2D eigenvalue weighted by Gasteiger charge is -2.16. The molecule has 28 heavy (non-hydrogen) atoms. The van der Waals surface area contributed by atoms with E-state index in [1.54, 1.807) is 37.3 Å². The number of nitrogen functional groups attached to an aromatic ring is 1. The molecule has 3 N–H and O–H groups in total.